The lowest BCUT2D eigenvalue weighted by atomic mass is 10.2. The zero-order chi connectivity index (χ0) is 12.8. The van der Waals surface area contributed by atoms with E-state index < -0.39 is 0 Å². The summed E-state index contributed by atoms with van der Waals surface area (Å²) in [5.41, 5.74) is 2.28. The van der Waals surface area contributed by atoms with Crippen LogP contribution in [0.2, 0.25) is 0 Å². The highest BCUT2D eigenvalue weighted by molar-refractivity contribution is 5.55. The molecule has 0 saturated carbocycles. The lowest BCUT2D eigenvalue weighted by Gasteiger charge is -2.07. The fourth-order valence-corrected chi connectivity index (χ4v) is 1.94. The van der Waals surface area contributed by atoms with E-state index in [1.165, 1.54) is 5.56 Å². The van der Waals surface area contributed by atoms with Gasteiger partial charge in [-0.2, -0.15) is 0 Å². The Kier molecular flexibility index (Phi) is 4.47. The van der Waals surface area contributed by atoms with Crippen LogP contribution in [-0.4, -0.2) is 21.1 Å². The molecule has 0 aliphatic carbocycles. The van der Waals surface area contributed by atoms with Crippen molar-refractivity contribution in [2.75, 3.05) is 6.54 Å². The number of aromatic nitrogens is 3. The van der Waals surface area contributed by atoms with Crippen LogP contribution in [0.15, 0.2) is 30.9 Å². The van der Waals surface area contributed by atoms with Gasteiger partial charge in [0, 0.05) is 43.4 Å². The first kappa shape index (κ1) is 12.8. The average Bonchev–Trinajstić information content (AvgIpc) is 2.88. The minimum Gasteiger partial charge on any atom is -0.331 e. The summed E-state index contributed by atoms with van der Waals surface area (Å²) in [4.78, 5) is 8.70. The number of pyridine rings is 1. The van der Waals surface area contributed by atoms with Crippen molar-refractivity contribution in [3.63, 3.8) is 0 Å². The molecule has 0 aliphatic heterocycles. The Balaban J connectivity index is 2.16. The van der Waals surface area contributed by atoms with Crippen molar-refractivity contribution in [1.29, 1.82) is 0 Å². The molecular formula is C14H20N4. The number of nitrogens with one attached hydrogen (secondary N) is 1. The van der Waals surface area contributed by atoms with Crippen LogP contribution in [0.4, 0.5) is 0 Å². The minimum absolute atomic E-state index is 0.863. The standard InChI is InChI=1S/C14H20N4/c1-3-5-15-9-12-8-13(11-16-10-12)14-17-6-7-18(14)4-2/h6-8,10-11,15H,3-5,9H2,1-2H3. The molecule has 4 nitrogen and oxygen atoms in total. The van der Waals surface area contributed by atoms with E-state index in [1.807, 2.05) is 24.8 Å². The Morgan fingerprint density at radius 3 is 2.94 bits per heavy atom. The maximum atomic E-state index is 4.40. The van der Waals surface area contributed by atoms with E-state index in [4.69, 9.17) is 0 Å². The average molecular weight is 244 g/mol. The number of imidazole rings is 1. The van der Waals surface area contributed by atoms with Gasteiger partial charge in [-0.25, -0.2) is 4.98 Å². The molecule has 96 valence electrons. The van der Waals surface area contributed by atoms with Crippen molar-refractivity contribution in [1.82, 2.24) is 19.9 Å². The zero-order valence-electron chi connectivity index (χ0n) is 11.1. The van der Waals surface area contributed by atoms with Crippen molar-refractivity contribution >= 4 is 0 Å². The molecule has 2 heterocycles. The number of rotatable bonds is 6. The van der Waals surface area contributed by atoms with E-state index in [9.17, 15) is 0 Å². The Bertz CT molecular complexity index is 490. The Morgan fingerprint density at radius 1 is 1.28 bits per heavy atom. The Hall–Kier alpha value is -1.68. The van der Waals surface area contributed by atoms with Crippen LogP contribution in [0.25, 0.3) is 11.4 Å². The van der Waals surface area contributed by atoms with Crippen LogP contribution < -0.4 is 5.32 Å². The molecule has 2 rings (SSSR count). The summed E-state index contributed by atoms with van der Waals surface area (Å²) in [6, 6.07) is 2.16. The summed E-state index contributed by atoms with van der Waals surface area (Å²) in [5, 5.41) is 3.39. The fraction of sp³-hybridized carbons (Fsp3) is 0.429. The Labute approximate surface area is 108 Å². The van der Waals surface area contributed by atoms with Crippen molar-refractivity contribution in [3.05, 3.63) is 36.4 Å². The summed E-state index contributed by atoms with van der Waals surface area (Å²) in [7, 11) is 0. The largest absolute Gasteiger partial charge is 0.331 e. The van der Waals surface area contributed by atoms with Crippen LogP contribution in [0.3, 0.4) is 0 Å². The highest BCUT2D eigenvalue weighted by atomic mass is 15.1. The molecule has 0 amide bonds. The van der Waals surface area contributed by atoms with Gasteiger partial charge in [0.1, 0.15) is 5.82 Å². The maximum Gasteiger partial charge on any atom is 0.141 e. The molecule has 0 spiro atoms. The summed E-state index contributed by atoms with van der Waals surface area (Å²) in [6.45, 7) is 7.11. The molecule has 0 fully saturated rings. The predicted octanol–water partition coefficient (Wildman–Crippen LogP) is 2.46. The SMILES string of the molecule is CCCNCc1cncc(-c2nccn2CC)c1. The van der Waals surface area contributed by atoms with Gasteiger partial charge in [-0.15, -0.1) is 0 Å². The zero-order valence-corrected chi connectivity index (χ0v) is 11.1. The third-order valence-corrected chi connectivity index (χ3v) is 2.87. The van der Waals surface area contributed by atoms with Gasteiger partial charge < -0.3 is 9.88 Å². The van der Waals surface area contributed by atoms with E-state index >= 15 is 0 Å². The molecule has 0 radical (unpaired) electrons. The fourth-order valence-electron chi connectivity index (χ4n) is 1.94. The van der Waals surface area contributed by atoms with Crippen LogP contribution in [0, 0.1) is 0 Å². The van der Waals surface area contributed by atoms with E-state index in [-0.39, 0.29) is 0 Å². The van der Waals surface area contributed by atoms with Crippen molar-refractivity contribution in [2.24, 2.45) is 0 Å². The van der Waals surface area contributed by atoms with E-state index in [1.54, 1.807) is 0 Å². The molecule has 0 bridgehead atoms. The van der Waals surface area contributed by atoms with Crippen LogP contribution in [-0.2, 0) is 13.1 Å². The number of aryl methyl sites for hydroxylation is 1. The maximum absolute atomic E-state index is 4.40. The molecular weight excluding hydrogens is 224 g/mol. The second-order valence-electron chi connectivity index (χ2n) is 4.30. The predicted molar refractivity (Wildman–Crippen MR) is 73.1 cm³/mol. The highest BCUT2D eigenvalue weighted by Gasteiger charge is 2.05. The molecule has 0 aromatic carbocycles. The van der Waals surface area contributed by atoms with Gasteiger partial charge in [-0.1, -0.05) is 6.92 Å². The molecule has 2 aromatic rings. The van der Waals surface area contributed by atoms with Crippen molar-refractivity contribution in [2.45, 2.75) is 33.4 Å². The second kappa shape index (κ2) is 6.31. The quantitative estimate of drug-likeness (QED) is 0.794. The number of hydrogen-bond donors (Lipinski definition) is 1. The summed E-state index contributed by atoms with van der Waals surface area (Å²) < 4.78 is 2.13. The van der Waals surface area contributed by atoms with E-state index in [0.717, 1.165) is 37.4 Å². The molecule has 0 unspecified atom stereocenters. The van der Waals surface area contributed by atoms with Gasteiger partial charge in [-0.3, -0.25) is 4.98 Å². The lowest BCUT2D eigenvalue weighted by Crippen LogP contribution is -2.14. The number of hydrogen-bond acceptors (Lipinski definition) is 3. The lowest BCUT2D eigenvalue weighted by molar-refractivity contribution is 0.674. The van der Waals surface area contributed by atoms with Gasteiger partial charge in [0.05, 0.1) is 0 Å². The summed E-state index contributed by atoms with van der Waals surface area (Å²) in [6.07, 6.45) is 8.76. The van der Waals surface area contributed by atoms with Crippen LogP contribution >= 0.6 is 0 Å². The third-order valence-electron chi connectivity index (χ3n) is 2.87. The highest BCUT2D eigenvalue weighted by Crippen LogP contribution is 2.17. The molecule has 0 saturated heterocycles. The first-order valence-electron chi connectivity index (χ1n) is 6.51. The monoisotopic (exact) mass is 244 g/mol. The third kappa shape index (κ3) is 2.96. The van der Waals surface area contributed by atoms with Gasteiger partial charge in [0.15, 0.2) is 0 Å². The smallest absolute Gasteiger partial charge is 0.141 e. The summed E-state index contributed by atoms with van der Waals surface area (Å²) in [5.74, 6) is 0.988. The van der Waals surface area contributed by atoms with Crippen LogP contribution in [0.1, 0.15) is 25.8 Å². The van der Waals surface area contributed by atoms with Gasteiger partial charge in [0.2, 0.25) is 0 Å². The first-order valence-corrected chi connectivity index (χ1v) is 6.51. The molecule has 18 heavy (non-hydrogen) atoms. The van der Waals surface area contributed by atoms with Gasteiger partial charge in [0.25, 0.3) is 0 Å². The topological polar surface area (TPSA) is 42.7 Å². The van der Waals surface area contributed by atoms with Gasteiger partial charge in [-0.05, 0) is 31.5 Å². The normalized spacial score (nSPS) is 10.8. The van der Waals surface area contributed by atoms with E-state index in [2.05, 4.69) is 39.8 Å². The van der Waals surface area contributed by atoms with Crippen LogP contribution in [0.5, 0.6) is 0 Å². The van der Waals surface area contributed by atoms with Crippen molar-refractivity contribution in [3.8, 4) is 11.4 Å². The minimum atomic E-state index is 0.863. The van der Waals surface area contributed by atoms with E-state index in [0.29, 0.717) is 0 Å². The van der Waals surface area contributed by atoms with Gasteiger partial charge >= 0.3 is 0 Å². The molecule has 0 aliphatic rings. The van der Waals surface area contributed by atoms with Crippen molar-refractivity contribution < 1.29 is 0 Å². The molecule has 2 aromatic heterocycles. The summed E-state index contributed by atoms with van der Waals surface area (Å²) >= 11 is 0. The molecule has 4 heteroatoms. The molecule has 0 atom stereocenters. The number of nitrogens with zero attached hydrogens (tertiary/aromatic N) is 3. The molecule has 1 N–H and O–H groups in total. The second-order valence-corrected chi connectivity index (χ2v) is 4.30. The first-order chi connectivity index (χ1) is 8.85. The Morgan fingerprint density at radius 2 is 2.17 bits per heavy atom.